The first-order valence-electron chi connectivity index (χ1n) is 7.61. The minimum absolute atomic E-state index is 0.103. The number of carbonyl (C=O) groups is 1. The van der Waals surface area contributed by atoms with E-state index >= 15 is 0 Å². The SMILES string of the molecule is COCCN(Cc1ccco1)C(=O)C1=Cc2cc(Cl)ccc2OC1. The summed E-state index contributed by atoms with van der Waals surface area (Å²) in [4.78, 5) is 14.6. The Bertz CT molecular complexity index is 739. The van der Waals surface area contributed by atoms with Crippen LogP contribution in [-0.2, 0) is 16.1 Å². The minimum Gasteiger partial charge on any atom is -0.488 e. The fourth-order valence-corrected chi connectivity index (χ4v) is 2.70. The van der Waals surface area contributed by atoms with Gasteiger partial charge in [-0.15, -0.1) is 0 Å². The number of amides is 1. The van der Waals surface area contributed by atoms with E-state index in [1.54, 1.807) is 42.5 Å². The monoisotopic (exact) mass is 347 g/mol. The summed E-state index contributed by atoms with van der Waals surface area (Å²) in [5.41, 5.74) is 1.38. The van der Waals surface area contributed by atoms with Crippen molar-refractivity contribution in [2.45, 2.75) is 6.54 Å². The van der Waals surface area contributed by atoms with E-state index in [1.807, 2.05) is 12.1 Å². The molecule has 24 heavy (non-hydrogen) atoms. The molecular formula is C18H18ClNO4. The van der Waals surface area contributed by atoms with Crippen molar-refractivity contribution in [3.05, 3.63) is 58.5 Å². The van der Waals surface area contributed by atoms with Crippen LogP contribution in [0.15, 0.2) is 46.6 Å². The Kier molecular flexibility index (Phi) is 5.23. The first-order chi connectivity index (χ1) is 11.7. The number of nitrogens with zero attached hydrogens (tertiary/aromatic N) is 1. The molecule has 2 aromatic rings. The normalized spacial score (nSPS) is 13.0. The van der Waals surface area contributed by atoms with Gasteiger partial charge in [0, 0.05) is 24.2 Å². The Balaban J connectivity index is 1.81. The lowest BCUT2D eigenvalue weighted by Crippen LogP contribution is -2.36. The summed E-state index contributed by atoms with van der Waals surface area (Å²) in [7, 11) is 1.61. The highest BCUT2D eigenvalue weighted by Crippen LogP contribution is 2.29. The Hall–Kier alpha value is -2.24. The summed E-state index contributed by atoms with van der Waals surface area (Å²) < 4.78 is 16.1. The molecule has 1 aromatic carbocycles. The molecule has 0 fully saturated rings. The summed E-state index contributed by atoms with van der Waals surface area (Å²) in [6.07, 6.45) is 3.42. The van der Waals surface area contributed by atoms with Gasteiger partial charge in [0.05, 0.1) is 25.0 Å². The molecule has 2 heterocycles. The molecule has 0 radical (unpaired) electrons. The van der Waals surface area contributed by atoms with E-state index in [9.17, 15) is 4.79 Å². The number of benzene rings is 1. The molecule has 1 aliphatic rings. The number of ether oxygens (including phenoxy) is 2. The summed E-state index contributed by atoms with van der Waals surface area (Å²) in [6, 6.07) is 9.00. The molecule has 0 N–H and O–H groups in total. The average molecular weight is 348 g/mol. The van der Waals surface area contributed by atoms with Crippen molar-refractivity contribution in [3.63, 3.8) is 0 Å². The molecule has 0 saturated heterocycles. The van der Waals surface area contributed by atoms with Crippen molar-refractivity contribution in [1.29, 1.82) is 0 Å². The summed E-state index contributed by atoms with van der Waals surface area (Å²) in [6.45, 7) is 1.53. The Morgan fingerprint density at radius 1 is 1.38 bits per heavy atom. The number of furan rings is 1. The molecule has 5 nitrogen and oxygen atoms in total. The minimum atomic E-state index is -0.103. The van der Waals surface area contributed by atoms with Gasteiger partial charge < -0.3 is 18.8 Å². The molecule has 0 bridgehead atoms. The second-order valence-corrected chi connectivity index (χ2v) is 5.88. The second-order valence-electron chi connectivity index (χ2n) is 5.44. The van der Waals surface area contributed by atoms with Gasteiger partial charge in [0.15, 0.2) is 0 Å². The zero-order chi connectivity index (χ0) is 16.9. The van der Waals surface area contributed by atoms with Gasteiger partial charge in [-0.05, 0) is 36.4 Å². The zero-order valence-corrected chi connectivity index (χ0v) is 14.1. The van der Waals surface area contributed by atoms with Gasteiger partial charge in [-0.1, -0.05) is 11.6 Å². The van der Waals surface area contributed by atoms with Crippen LogP contribution in [0.5, 0.6) is 5.75 Å². The lowest BCUT2D eigenvalue weighted by atomic mass is 10.1. The summed E-state index contributed by atoms with van der Waals surface area (Å²) in [5, 5.41) is 0.606. The van der Waals surface area contributed by atoms with Gasteiger partial charge in [0.2, 0.25) is 0 Å². The van der Waals surface area contributed by atoms with Crippen LogP contribution in [0.3, 0.4) is 0 Å². The Morgan fingerprint density at radius 3 is 3.00 bits per heavy atom. The van der Waals surface area contributed by atoms with Gasteiger partial charge in [0.25, 0.3) is 5.91 Å². The Labute approximate surface area is 145 Å². The number of methoxy groups -OCH3 is 1. The molecule has 1 aromatic heterocycles. The first kappa shape index (κ1) is 16.6. The summed E-state index contributed by atoms with van der Waals surface area (Å²) >= 11 is 6.02. The largest absolute Gasteiger partial charge is 0.488 e. The first-order valence-corrected chi connectivity index (χ1v) is 7.98. The molecule has 1 amide bonds. The van der Waals surface area contributed by atoms with E-state index in [4.69, 9.17) is 25.5 Å². The van der Waals surface area contributed by atoms with Crippen molar-refractivity contribution in [2.24, 2.45) is 0 Å². The molecule has 1 aliphatic heterocycles. The Morgan fingerprint density at radius 2 is 2.25 bits per heavy atom. The van der Waals surface area contributed by atoms with E-state index in [1.165, 1.54) is 0 Å². The maximum absolute atomic E-state index is 12.9. The average Bonchev–Trinajstić information content (AvgIpc) is 3.10. The summed E-state index contributed by atoms with van der Waals surface area (Å²) in [5.74, 6) is 1.35. The van der Waals surface area contributed by atoms with Gasteiger partial charge in [0.1, 0.15) is 18.1 Å². The van der Waals surface area contributed by atoms with Crippen LogP contribution in [-0.4, -0.2) is 37.7 Å². The van der Waals surface area contributed by atoms with E-state index in [0.29, 0.717) is 30.3 Å². The molecule has 0 atom stereocenters. The molecule has 0 aliphatic carbocycles. The van der Waals surface area contributed by atoms with Crippen LogP contribution >= 0.6 is 11.6 Å². The van der Waals surface area contributed by atoms with E-state index in [0.717, 1.165) is 17.1 Å². The third-order valence-electron chi connectivity index (χ3n) is 3.74. The molecule has 6 heteroatoms. The molecule has 0 saturated carbocycles. The number of carbonyl (C=O) groups excluding carboxylic acids is 1. The van der Waals surface area contributed by atoms with Crippen LogP contribution in [0.4, 0.5) is 0 Å². The molecule has 0 spiro atoms. The molecular weight excluding hydrogens is 330 g/mol. The van der Waals surface area contributed by atoms with Gasteiger partial charge in [-0.25, -0.2) is 0 Å². The van der Waals surface area contributed by atoms with Crippen molar-refractivity contribution in [1.82, 2.24) is 4.90 Å². The van der Waals surface area contributed by atoms with E-state index < -0.39 is 0 Å². The third-order valence-corrected chi connectivity index (χ3v) is 3.97. The van der Waals surface area contributed by atoms with E-state index in [2.05, 4.69) is 0 Å². The zero-order valence-electron chi connectivity index (χ0n) is 13.3. The predicted octanol–water partition coefficient (Wildman–Crippen LogP) is 3.38. The highest BCUT2D eigenvalue weighted by atomic mass is 35.5. The number of hydrogen-bond acceptors (Lipinski definition) is 4. The van der Waals surface area contributed by atoms with Crippen molar-refractivity contribution < 1.29 is 18.7 Å². The standard InChI is InChI=1S/C18H18ClNO4/c1-22-8-6-20(11-16-3-2-7-23-16)18(21)14-9-13-10-15(19)4-5-17(13)24-12-14/h2-5,7,9-10H,6,8,11-12H2,1H3. The second kappa shape index (κ2) is 7.55. The third kappa shape index (κ3) is 3.80. The highest BCUT2D eigenvalue weighted by molar-refractivity contribution is 6.30. The maximum Gasteiger partial charge on any atom is 0.253 e. The van der Waals surface area contributed by atoms with Gasteiger partial charge >= 0.3 is 0 Å². The van der Waals surface area contributed by atoms with Crippen LogP contribution in [0.1, 0.15) is 11.3 Å². The fraction of sp³-hybridized carbons (Fsp3) is 0.278. The van der Waals surface area contributed by atoms with E-state index in [-0.39, 0.29) is 12.5 Å². The van der Waals surface area contributed by atoms with Gasteiger partial charge in [-0.3, -0.25) is 4.79 Å². The highest BCUT2D eigenvalue weighted by Gasteiger charge is 2.23. The molecule has 0 unspecified atom stereocenters. The number of fused-ring (bicyclic) bond motifs is 1. The number of halogens is 1. The van der Waals surface area contributed by atoms with Crippen LogP contribution < -0.4 is 4.74 Å². The van der Waals surface area contributed by atoms with Crippen LogP contribution in [0.25, 0.3) is 6.08 Å². The molecule has 3 rings (SSSR count). The smallest absolute Gasteiger partial charge is 0.253 e. The van der Waals surface area contributed by atoms with Crippen molar-refractivity contribution >= 4 is 23.6 Å². The quantitative estimate of drug-likeness (QED) is 0.803. The predicted molar refractivity (Wildman–Crippen MR) is 90.9 cm³/mol. The number of rotatable bonds is 6. The van der Waals surface area contributed by atoms with Gasteiger partial charge in [-0.2, -0.15) is 0 Å². The van der Waals surface area contributed by atoms with Crippen molar-refractivity contribution in [3.8, 4) is 5.75 Å². The maximum atomic E-state index is 12.9. The molecule has 126 valence electrons. The lowest BCUT2D eigenvalue weighted by Gasteiger charge is -2.25. The topological polar surface area (TPSA) is 51.9 Å². The van der Waals surface area contributed by atoms with Crippen LogP contribution in [0.2, 0.25) is 5.02 Å². The lowest BCUT2D eigenvalue weighted by molar-refractivity contribution is -0.129. The fourth-order valence-electron chi connectivity index (χ4n) is 2.52. The number of hydrogen-bond donors (Lipinski definition) is 0. The van der Waals surface area contributed by atoms with Crippen molar-refractivity contribution in [2.75, 3.05) is 26.9 Å². The van der Waals surface area contributed by atoms with Crippen LogP contribution in [0, 0.1) is 0 Å².